The van der Waals surface area contributed by atoms with E-state index in [0.29, 0.717) is 6.04 Å². The molecule has 1 saturated heterocycles. The van der Waals surface area contributed by atoms with Gasteiger partial charge in [-0.15, -0.1) is 0 Å². The predicted octanol–water partition coefficient (Wildman–Crippen LogP) is 2.48. The molecule has 3 heteroatoms. The highest BCUT2D eigenvalue weighted by Gasteiger charge is 2.22. The molecular weight excluding hydrogens is 198 g/mol. The first kappa shape index (κ1) is 11.4. The monoisotopic (exact) mass is 219 g/mol. The first-order valence-electron chi connectivity index (χ1n) is 6.17. The van der Waals surface area contributed by atoms with Crippen LogP contribution in [0.2, 0.25) is 0 Å². The van der Waals surface area contributed by atoms with Crippen molar-refractivity contribution < 1.29 is 0 Å². The summed E-state index contributed by atoms with van der Waals surface area (Å²) in [6.07, 6.45) is 5.72. The summed E-state index contributed by atoms with van der Waals surface area (Å²) in [6.45, 7) is 5.41. The average molecular weight is 219 g/mol. The molecule has 1 aliphatic heterocycles. The van der Waals surface area contributed by atoms with E-state index in [4.69, 9.17) is 5.73 Å². The van der Waals surface area contributed by atoms with Crippen molar-refractivity contribution in [1.29, 1.82) is 0 Å². The van der Waals surface area contributed by atoms with E-state index in [1.807, 2.05) is 19.2 Å². The van der Waals surface area contributed by atoms with Crippen LogP contribution in [0.4, 0.5) is 5.82 Å². The number of anilines is 1. The minimum Gasteiger partial charge on any atom is -0.354 e. The third-order valence-corrected chi connectivity index (χ3v) is 3.38. The highest BCUT2D eigenvalue weighted by atomic mass is 15.2. The molecule has 16 heavy (non-hydrogen) atoms. The van der Waals surface area contributed by atoms with E-state index in [1.165, 1.54) is 19.3 Å². The van der Waals surface area contributed by atoms with Gasteiger partial charge >= 0.3 is 0 Å². The number of aromatic nitrogens is 1. The number of hydrogen-bond donors (Lipinski definition) is 1. The molecule has 0 aromatic carbocycles. The quantitative estimate of drug-likeness (QED) is 0.831. The predicted molar refractivity (Wildman–Crippen MR) is 67.5 cm³/mol. The molecule has 1 aliphatic rings. The largest absolute Gasteiger partial charge is 0.354 e. The smallest absolute Gasteiger partial charge is 0.133 e. The molecule has 1 unspecified atom stereocenters. The summed E-state index contributed by atoms with van der Waals surface area (Å²) in [5, 5.41) is 0. The summed E-state index contributed by atoms with van der Waals surface area (Å²) >= 11 is 0. The van der Waals surface area contributed by atoms with Gasteiger partial charge in [-0.05, 0) is 39.2 Å². The molecule has 2 atom stereocenters. The van der Waals surface area contributed by atoms with Gasteiger partial charge in [-0.2, -0.15) is 0 Å². The van der Waals surface area contributed by atoms with Gasteiger partial charge in [0.25, 0.3) is 0 Å². The van der Waals surface area contributed by atoms with Gasteiger partial charge in [0.1, 0.15) is 5.82 Å². The molecule has 0 amide bonds. The van der Waals surface area contributed by atoms with Crippen molar-refractivity contribution in [3.63, 3.8) is 0 Å². The minimum atomic E-state index is 0.0535. The van der Waals surface area contributed by atoms with E-state index < -0.39 is 0 Å². The third-order valence-electron chi connectivity index (χ3n) is 3.38. The molecule has 2 N–H and O–H groups in total. The van der Waals surface area contributed by atoms with Crippen molar-refractivity contribution in [2.24, 2.45) is 5.73 Å². The van der Waals surface area contributed by atoms with Gasteiger partial charge in [0.2, 0.25) is 0 Å². The van der Waals surface area contributed by atoms with Crippen LogP contribution in [0.25, 0.3) is 0 Å². The molecule has 3 nitrogen and oxygen atoms in total. The molecule has 0 bridgehead atoms. The molecule has 2 rings (SSSR count). The molecule has 0 radical (unpaired) electrons. The van der Waals surface area contributed by atoms with E-state index >= 15 is 0 Å². The van der Waals surface area contributed by atoms with E-state index in [0.717, 1.165) is 17.9 Å². The number of piperidine rings is 1. The molecule has 88 valence electrons. The first-order valence-corrected chi connectivity index (χ1v) is 6.17. The van der Waals surface area contributed by atoms with Crippen LogP contribution >= 0.6 is 0 Å². The van der Waals surface area contributed by atoms with Crippen molar-refractivity contribution in [2.75, 3.05) is 11.4 Å². The molecule has 0 aliphatic carbocycles. The maximum absolute atomic E-state index is 6.00. The highest BCUT2D eigenvalue weighted by Crippen LogP contribution is 2.28. The Bertz CT molecular complexity index is 349. The number of nitrogens with zero attached hydrogens (tertiary/aromatic N) is 2. The Balaban J connectivity index is 2.31. The zero-order valence-corrected chi connectivity index (χ0v) is 10.2. The molecule has 2 heterocycles. The lowest BCUT2D eigenvalue weighted by Gasteiger charge is -2.36. The Morgan fingerprint density at radius 3 is 3.00 bits per heavy atom. The first-order chi connectivity index (χ1) is 7.70. The van der Waals surface area contributed by atoms with Crippen LogP contribution in [0.5, 0.6) is 0 Å². The van der Waals surface area contributed by atoms with Crippen LogP contribution in [0, 0.1) is 0 Å². The molecular formula is C13H21N3. The summed E-state index contributed by atoms with van der Waals surface area (Å²) in [5.74, 6) is 1.09. The van der Waals surface area contributed by atoms with E-state index in [9.17, 15) is 0 Å². The molecule has 0 spiro atoms. The minimum absolute atomic E-state index is 0.0535. The standard InChI is InChI=1S/C13H21N3/c1-10-6-3-4-9-16(10)13-12(11(2)14)7-5-8-15-13/h5,7-8,10-11H,3-4,6,9,14H2,1-2H3/t10?,11-/m1/s1. The lowest BCUT2D eigenvalue weighted by molar-refractivity contribution is 0.479. The normalized spacial score (nSPS) is 23.2. The fourth-order valence-corrected chi connectivity index (χ4v) is 2.42. The summed E-state index contributed by atoms with van der Waals surface area (Å²) in [6, 6.07) is 4.70. The van der Waals surface area contributed by atoms with Crippen LogP contribution in [-0.2, 0) is 0 Å². The fourth-order valence-electron chi connectivity index (χ4n) is 2.42. The van der Waals surface area contributed by atoms with Crippen LogP contribution in [0.15, 0.2) is 18.3 Å². The Hall–Kier alpha value is -1.09. The van der Waals surface area contributed by atoms with Gasteiger partial charge in [-0.1, -0.05) is 6.07 Å². The lowest BCUT2D eigenvalue weighted by Crippen LogP contribution is -2.39. The second-order valence-corrected chi connectivity index (χ2v) is 4.74. The lowest BCUT2D eigenvalue weighted by atomic mass is 10.0. The van der Waals surface area contributed by atoms with Crippen molar-refractivity contribution in [3.05, 3.63) is 23.9 Å². The number of hydrogen-bond acceptors (Lipinski definition) is 3. The van der Waals surface area contributed by atoms with E-state index in [1.54, 1.807) is 0 Å². The van der Waals surface area contributed by atoms with Crippen LogP contribution < -0.4 is 10.6 Å². The third kappa shape index (κ3) is 2.19. The topological polar surface area (TPSA) is 42.2 Å². The molecule has 1 aromatic heterocycles. The number of pyridine rings is 1. The second-order valence-electron chi connectivity index (χ2n) is 4.74. The van der Waals surface area contributed by atoms with Gasteiger partial charge in [0, 0.05) is 30.4 Å². The van der Waals surface area contributed by atoms with Gasteiger partial charge < -0.3 is 10.6 Å². The summed E-state index contributed by atoms with van der Waals surface area (Å²) in [5.41, 5.74) is 7.16. The van der Waals surface area contributed by atoms with Gasteiger partial charge in [0.15, 0.2) is 0 Å². The van der Waals surface area contributed by atoms with Crippen LogP contribution in [-0.4, -0.2) is 17.6 Å². The summed E-state index contributed by atoms with van der Waals surface area (Å²) < 4.78 is 0. The maximum Gasteiger partial charge on any atom is 0.133 e. The van der Waals surface area contributed by atoms with Crippen LogP contribution in [0.1, 0.15) is 44.7 Å². The Labute approximate surface area is 97.7 Å². The maximum atomic E-state index is 6.00. The Morgan fingerprint density at radius 1 is 1.50 bits per heavy atom. The van der Waals surface area contributed by atoms with Gasteiger partial charge in [0.05, 0.1) is 0 Å². The van der Waals surface area contributed by atoms with E-state index in [2.05, 4.69) is 22.9 Å². The average Bonchev–Trinajstić information content (AvgIpc) is 2.29. The number of nitrogens with two attached hydrogens (primary N) is 1. The number of rotatable bonds is 2. The SMILES string of the molecule is CC1CCCCN1c1ncccc1[C@@H](C)N. The second kappa shape index (κ2) is 4.83. The van der Waals surface area contributed by atoms with Crippen molar-refractivity contribution in [3.8, 4) is 0 Å². The Morgan fingerprint density at radius 2 is 2.31 bits per heavy atom. The van der Waals surface area contributed by atoms with Gasteiger partial charge in [-0.25, -0.2) is 4.98 Å². The zero-order chi connectivity index (χ0) is 11.5. The Kier molecular flexibility index (Phi) is 3.44. The summed E-state index contributed by atoms with van der Waals surface area (Å²) in [7, 11) is 0. The molecule has 0 saturated carbocycles. The van der Waals surface area contributed by atoms with Crippen molar-refractivity contribution in [1.82, 2.24) is 4.98 Å². The van der Waals surface area contributed by atoms with Crippen LogP contribution in [0.3, 0.4) is 0 Å². The van der Waals surface area contributed by atoms with Crippen molar-refractivity contribution in [2.45, 2.75) is 45.2 Å². The molecule has 1 aromatic rings. The van der Waals surface area contributed by atoms with Crippen molar-refractivity contribution >= 4 is 5.82 Å². The molecule has 1 fully saturated rings. The van der Waals surface area contributed by atoms with Gasteiger partial charge in [-0.3, -0.25) is 0 Å². The summed E-state index contributed by atoms with van der Waals surface area (Å²) in [4.78, 5) is 6.92. The highest BCUT2D eigenvalue weighted by molar-refractivity contribution is 5.49. The fraction of sp³-hybridized carbons (Fsp3) is 0.615. The zero-order valence-electron chi connectivity index (χ0n) is 10.2. The van der Waals surface area contributed by atoms with E-state index in [-0.39, 0.29) is 6.04 Å².